The molecule has 32 heavy (non-hydrogen) atoms. The van der Waals surface area contributed by atoms with E-state index in [1.807, 2.05) is 24.3 Å². The highest BCUT2D eigenvalue weighted by Gasteiger charge is 2.36. The number of nitrogens with one attached hydrogen (secondary N) is 2. The normalized spacial score (nSPS) is 17.3. The van der Waals surface area contributed by atoms with Gasteiger partial charge >= 0.3 is 0 Å². The molecule has 1 aliphatic heterocycles. The molecular weight excluding hydrogens is 426 g/mol. The molecule has 2 aromatic carbocycles. The van der Waals surface area contributed by atoms with E-state index >= 15 is 0 Å². The number of amides is 2. The number of carbonyl (C=O) groups excluding carboxylic acids is 2. The molecule has 0 saturated carbocycles. The van der Waals surface area contributed by atoms with Crippen LogP contribution in [0, 0.1) is 12.8 Å². The molecule has 172 valence electrons. The third kappa shape index (κ3) is 5.30. The van der Waals surface area contributed by atoms with E-state index < -0.39 is 15.9 Å². The van der Waals surface area contributed by atoms with Crippen LogP contribution in [0.2, 0.25) is 0 Å². The summed E-state index contributed by atoms with van der Waals surface area (Å²) in [5.74, 6) is -0.425. The SMILES string of the molecule is CCC(C)c1ccccc1N1CC(C(=O)Nc2ccc(NS(=O)(=O)CC)c(C)c2)CC1=O. The number of hydrogen-bond acceptors (Lipinski definition) is 4. The van der Waals surface area contributed by atoms with Crippen molar-refractivity contribution < 1.29 is 18.0 Å². The Kier molecular flexibility index (Phi) is 7.23. The van der Waals surface area contributed by atoms with Gasteiger partial charge < -0.3 is 10.2 Å². The highest BCUT2D eigenvalue weighted by Crippen LogP contribution is 2.34. The number of aryl methyl sites for hydroxylation is 1. The van der Waals surface area contributed by atoms with Crippen LogP contribution in [0.15, 0.2) is 42.5 Å². The average molecular weight is 458 g/mol. The Balaban J connectivity index is 1.71. The van der Waals surface area contributed by atoms with Gasteiger partial charge in [-0.25, -0.2) is 8.42 Å². The predicted molar refractivity (Wildman–Crippen MR) is 129 cm³/mol. The van der Waals surface area contributed by atoms with Crippen molar-refractivity contribution in [3.8, 4) is 0 Å². The van der Waals surface area contributed by atoms with Gasteiger partial charge in [-0.2, -0.15) is 0 Å². The molecule has 0 bridgehead atoms. The van der Waals surface area contributed by atoms with Crippen LogP contribution < -0.4 is 14.9 Å². The first-order valence-corrected chi connectivity index (χ1v) is 12.6. The first-order valence-electron chi connectivity index (χ1n) is 11.0. The molecule has 0 aromatic heterocycles. The largest absolute Gasteiger partial charge is 0.326 e. The number of benzene rings is 2. The lowest BCUT2D eigenvalue weighted by Gasteiger charge is -2.23. The third-order valence-electron chi connectivity index (χ3n) is 6.01. The van der Waals surface area contributed by atoms with E-state index in [2.05, 4.69) is 23.9 Å². The van der Waals surface area contributed by atoms with Crippen LogP contribution in [0.1, 0.15) is 50.7 Å². The van der Waals surface area contributed by atoms with Gasteiger partial charge in [-0.15, -0.1) is 0 Å². The van der Waals surface area contributed by atoms with Crippen molar-refractivity contribution in [1.82, 2.24) is 0 Å². The molecule has 2 amide bonds. The summed E-state index contributed by atoms with van der Waals surface area (Å²) in [4.78, 5) is 27.3. The van der Waals surface area contributed by atoms with Crippen LogP contribution in [0.4, 0.5) is 17.1 Å². The maximum absolute atomic E-state index is 12.9. The first kappa shape index (κ1) is 23.8. The van der Waals surface area contributed by atoms with E-state index in [1.54, 1.807) is 36.9 Å². The molecule has 2 unspecified atom stereocenters. The first-order chi connectivity index (χ1) is 15.1. The van der Waals surface area contributed by atoms with E-state index in [9.17, 15) is 18.0 Å². The minimum absolute atomic E-state index is 0.0166. The molecule has 0 aliphatic carbocycles. The minimum Gasteiger partial charge on any atom is -0.326 e. The second kappa shape index (κ2) is 9.73. The van der Waals surface area contributed by atoms with E-state index in [0.717, 1.165) is 17.7 Å². The van der Waals surface area contributed by atoms with Crippen LogP contribution in [0.25, 0.3) is 0 Å². The summed E-state index contributed by atoms with van der Waals surface area (Å²) >= 11 is 0. The third-order valence-corrected chi connectivity index (χ3v) is 7.30. The summed E-state index contributed by atoms with van der Waals surface area (Å²) in [5.41, 5.74) is 3.74. The molecule has 3 rings (SSSR count). The molecule has 2 aromatic rings. The van der Waals surface area contributed by atoms with Crippen molar-refractivity contribution in [3.05, 3.63) is 53.6 Å². The molecule has 8 heteroatoms. The van der Waals surface area contributed by atoms with E-state index in [-0.39, 0.29) is 24.0 Å². The van der Waals surface area contributed by atoms with Crippen molar-refractivity contribution in [2.45, 2.75) is 46.5 Å². The summed E-state index contributed by atoms with van der Waals surface area (Å²) in [7, 11) is -3.37. The Labute approximate surface area is 190 Å². The smallest absolute Gasteiger partial charge is 0.232 e. The van der Waals surface area contributed by atoms with E-state index in [4.69, 9.17) is 0 Å². The van der Waals surface area contributed by atoms with Crippen LogP contribution in [0.5, 0.6) is 0 Å². The summed E-state index contributed by atoms with van der Waals surface area (Å²) < 4.78 is 26.1. The topological polar surface area (TPSA) is 95.6 Å². The van der Waals surface area contributed by atoms with E-state index in [0.29, 0.717) is 29.4 Å². The van der Waals surface area contributed by atoms with Gasteiger partial charge in [0.25, 0.3) is 0 Å². The quantitative estimate of drug-likeness (QED) is 0.619. The molecule has 1 saturated heterocycles. The van der Waals surface area contributed by atoms with Crippen LogP contribution in [-0.4, -0.2) is 32.5 Å². The Bertz CT molecular complexity index is 1110. The molecule has 2 N–H and O–H groups in total. The Morgan fingerprint density at radius 3 is 2.56 bits per heavy atom. The highest BCUT2D eigenvalue weighted by molar-refractivity contribution is 7.92. The summed E-state index contributed by atoms with van der Waals surface area (Å²) in [6.07, 6.45) is 1.13. The average Bonchev–Trinajstić information content (AvgIpc) is 3.16. The molecule has 0 spiro atoms. The molecular formula is C24H31N3O4S. The van der Waals surface area contributed by atoms with Gasteiger partial charge in [0, 0.05) is 24.3 Å². The van der Waals surface area contributed by atoms with Gasteiger partial charge in [0.1, 0.15) is 0 Å². The maximum atomic E-state index is 12.9. The molecule has 1 fully saturated rings. The van der Waals surface area contributed by atoms with Gasteiger partial charge in [0.05, 0.1) is 17.4 Å². The monoisotopic (exact) mass is 457 g/mol. The lowest BCUT2D eigenvalue weighted by Crippen LogP contribution is -2.29. The number of carbonyl (C=O) groups is 2. The highest BCUT2D eigenvalue weighted by atomic mass is 32.2. The predicted octanol–water partition coefficient (Wildman–Crippen LogP) is 4.26. The Hall–Kier alpha value is -2.87. The Morgan fingerprint density at radius 1 is 1.19 bits per heavy atom. The standard InChI is InChI=1S/C24H31N3O4S/c1-5-16(3)20-9-7-8-10-22(20)27-15-18(14-23(27)28)24(29)25-19-11-12-21(17(4)13-19)26-32(30,31)6-2/h7-13,16,18,26H,5-6,14-15H2,1-4H3,(H,25,29). The van der Waals surface area contributed by atoms with Gasteiger partial charge in [-0.1, -0.05) is 32.0 Å². The van der Waals surface area contributed by atoms with Gasteiger partial charge in [0.15, 0.2) is 0 Å². The zero-order valence-corrected chi connectivity index (χ0v) is 19.8. The van der Waals surface area contributed by atoms with Gasteiger partial charge in [-0.3, -0.25) is 14.3 Å². The maximum Gasteiger partial charge on any atom is 0.232 e. The Morgan fingerprint density at radius 2 is 1.91 bits per heavy atom. The molecule has 2 atom stereocenters. The number of nitrogens with zero attached hydrogens (tertiary/aromatic N) is 1. The van der Waals surface area contributed by atoms with Gasteiger partial charge in [0.2, 0.25) is 21.8 Å². The van der Waals surface area contributed by atoms with Crippen molar-refractivity contribution >= 4 is 38.9 Å². The summed E-state index contributed by atoms with van der Waals surface area (Å²) in [6, 6.07) is 12.9. The summed E-state index contributed by atoms with van der Waals surface area (Å²) in [6.45, 7) is 7.93. The zero-order chi connectivity index (χ0) is 23.5. The van der Waals surface area contributed by atoms with Crippen molar-refractivity contribution in [3.63, 3.8) is 0 Å². The number of para-hydroxylation sites is 1. The van der Waals surface area contributed by atoms with Crippen molar-refractivity contribution in [2.24, 2.45) is 5.92 Å². The molecule has 1 aliphatic rings. The molecule has 7 nitrogen and oxygen atoms in total. The second-order valence-corrected chi connectivity index (χ2v) is 10.3. The fourth-order valence-corrected chi connectivity index (χ4v) is 4.53. The van der Waals surface area contributed by atoms with Crippen LogP contribution >= 0.6 is 0 Å². The van der Waals surface area contributed by atoms with Crippen LogP contribution in [-0.2, 0) is 19.6 Å². The number of anilines is 3. The number of sulfonamides is 1. The molecule has 1 heterocycles. The van der Waals surface area contributed by atoms with Crippen LogP contribution in [0.3, 0.4) is 0 Å². The van der Waals surface area contributed by atoms with E-state index in [1.165, 1.54) is 0 Å². The van der Waals surface area contributed by atoms with Crippen molar-refractivity contribution in [2.75, 3.05) is 27.2 Å². The lowest BCUT2D eigenvalue weighted by atomic mass is 9.96. The minimum atomic E-state index is -3.37. The van der Waals surface area contributed by atoms with Gasteiger partial charge in [-0.05, 0) is 61.6 Å². The molecule has 0 radical (unpaired) electrons. The fraction of sp³-hybridized carbons (Fsp3) is 0.417. The number of hydrogen-bond donors (Lipinski definition) is 2. The lowest BCUT2D eigenvalue weighted by molar-refractivity contribution is -0.122. The fourth-order valence-electron chi connectivity index (χ4n) is 3.83. The zero-order valence-electron chi connectivity index (χ0n) is 19.0. The number of rotatable bonds is 8. The van der Waals surface area contributed by atoms with Crippen molar-refractivity contribution in [1.29, 1.82) is 0 Å². The second-order valence-electron chi connectivity index (χ2n) is 8.30. The summed E-state index contributed by atoms with van der Waals surface area (Å²) in [5, 5.41) is 2.87.